The smallest absolute Gasteiger partial charge is 0.306 e. The maximum atomic E-state index is 11.1. The number of ether oxygens (including phenoxy) is 1. The van der Waals surface area contributed by atoms with E-state index in [4.69, 9.17) is 0 Å². The minimum Gasteiger partial charge on any atom is -0.469 e. The van der Waals surface area contributed by atoms with E-state index in [0.29, 0.717) is 18.5 Å². The van der Waals surface area contributed by atoms with Crippen LogP contribution < -0.4 is 0 Å². The molecule has 4 nitrogen and oxygen atoms in total. The van der Waals surface area contributed by atoms with Crippen LogP contribution in [0, 0.1) is 0 Å². The first-order chi connectivity index (χ1) is 8.58. The molecule has 1 aliphatic heterocycles. The predicted molar refractivity (Wildman–Crippen MR) is 73.6 cm³/mol. The van der Waals surface area contributed by atoms with Crippen molar-refractivity contribution in [2.45, 2.75) is 52.1 Å². The number of methoxy groups -OCH3 is 1. The van der Waals surface area contributed by atoms with Crippen molar-refractivity contribution in [3.05, 3.63) is 0 Å². The van der Waals surface area contributed by atoms with E-state index in [1.807, 2.05) is 0 Å². The van der Waals surface area contributed by atoms with Crippen molar-refractivity contribution in [3.63, 3.8) is 0 Å². The van der Waals surface area contributed by atoms with Gasteiger partial charge in [0.2, 0.25) is 0 Å². The van der Waals surface area contributed by atoms with E-state index in [-0.39, 0.29) is 5.97 Å². The second-order valence-corrected chi connectivity index (χ2v) is 5.35. The molecule has 4 heteroatoms. The first kappa shape index (κ1) is 15.4. The van der Waals surface area contributed by atoms with Gasteiger partial charge >= 0.3 is 5.97 Å². The lowest BCUT2D eigenvalue weighted by atomic mass is 10.1. The summed E-state index contributed by atoms with van der Waals surface area (Å²) >= 11 is 0. The quantitative estimate of drug-likeness (QED) is 0.678. The molecule has 0 radical (unpaired) electrons. The molecule has 0 bridgehead atoms. The highest BCUT2D eigenvalue weighted by molar-refractivity contribution is 5.69. The molecule has 1 fully saturated rings. The van der Waals surface area contributed by atoms with E-state index in [1.165, 1.54) is 20.0 Å². The molecule has 18 heavy (non-hydrogen) atoms. The van der Waals surface area contributed by atoms with Crippen LogP contribution in [0.2, 0.25) is 0 Å². The molecule has 0 unspecified atom stereocenters. The molecule has 0 aromatic rings. The summed E-state index contributed by atoms with van der Waals surface area (Å²) in [5, 5.41) is 0. The summed E-state index contributed by atoms with van der Waals surface area (Å²) < 4.78 is 4.68. The molecule has 1 saturated heterocycles. The zero-order valence-corrected chi connectivity index (χ0v) is 12.3. The summed E-state index contributed by atoms with van der Waals surface area (Å²) in [6, 6.07) is 1.26. The van der Waals surface area contributed by atoms with Gasteiger partial charge in [0.05, 0.1) is 13.5 Å². The molecule has 106 valence electrons. The Balaban J connectivity index is 2.33. The minimum absolute atomic E-state index is 0.107. The second-order valence-electron chi connectivity index (χ2n) is 5.35. The number of piperazine rings is 1. The monoisotopic (exact) mass is 256 g/mol. The second kappa shape index (κ2) is 7.74. The molecule has 0 aromatic heterocycles. The van der Waals surface area contributed by atoms with Crippen LogP contribution in [-0.4, -0.2) is 61.1 Å². The van der Waals surface area contributed by atoms with E-state index >= 15 is 0 Å². The highest BCUT2D eigenvalue weighted by Gasteiger charge is 2.26. The van der Waals surface area contributed by atoms with Gasteiger partial charge in [-0.3, -0.25) is 14.6 Å². The fourth-order valence-electron chi connectivity index (χ4n) is 2.84. The van der Waals surface area contributed by atoms with Crippen molar-refractivity contribution in [1.82, 2.24) is 9.80 Å². The van der Waals surface area contributed by atoms with Crippen molar-refractivity contribution in [3.8, 4) is 0 Å². The summed E-state index contributed by atoms with van der Waals surface area (Å²) in [6.07, 6.45) is 3.02. The molecule has 0 N–H and O–H groups in total. The lowest BCUT2D eigenvalue weighted by Crippen LogP contribution is -2.54. The normalized spacial score (nSPS) is 23.9. The third-order valence-corrected chi connectivity index (χ3v) is 3.90. The number of hydrogen-bond acceptors (Lipinski definition) is 4. The van der Waals surface area contributed by atoms with Gasteiger partial charge in [-0.1, -0.05) is 13.3 Å². The van der Waals surface area contributed by atoms with Crippen LogP contribution in [0.3, 0.4) is 0 Å². The number of nitrogens with zero attached hydrogens (tertiary/aromatic N) is 2. The first-order valence-corrected chi connectivity index (χ1v) is 7.13. The Morgan fingerprint density at radius 1 is 1.44 bits per heavy atom. The average Bonchev–Trinajstić information content (AvgIpc) is 2.36. The molecular weight excluding hydrogens is 228 g/mol. The standard InChI is InChI=1S/C14H28N2O2/c1-5-6-12(2)16-10-9-15(11-13(16)3)8-7-14(17)18-4/h12-13H,5-11H2,1-4H3/t12-,13+/m1/s1. The Hall–Kier alpha value is -0.610. The molecule has 0 saturated carbocycles. The van der Waals surface area contributed by atoms with Crippen LogP contribution >= 0.6 is 0 Å². The zero-order chi connectivity index (χ0) is 13.5. The fourth-order valence-corrected chi connectivity index (χ4v) is 2.84. The molecule has 2 atom stereocenters. The molecule has 0 aromatic carbocycles. The van der Waals surface area contributed by atoms with Gasteiger partial charge in [0.15, 0.2) is 0 Å². The van der Waals surface area contributed by atoms with Gasteiger partial charge in [-0.2, -0.15) is 0 Å². The van der Waals surface area contributed by atoms with E-state index < -0.39 is 0 Å². The fraction of sp³-hybridized carbons (Fsp3) is 0.929. The number of esters is 1. The molecular formula is C14H28N2O2. The van der Waals surface area contributed by atoms with Gasteiger partial charge in [-0.05, 0) is 20.3 Å². The van der Waals surface area contributed by atoms with Gasteiger partial charge in [-0.15, -0.1) is 0 Å². The van der Waals surface area contributed by atoms with Crippen LogP contribution in [0.4, 0.5) is 0 Å². The summed E-state index contributed by atoms with van der Waals surface area (Å²) in [5.41, 5.74) is 0. The Bertz CT molecular complexity index is 258. The highest BCUT2D eigenvalue weighted by atomic mass is 16.5. The van der Waals surface area contributed by atoms with Crippen LogP contribution in [0.15, 0.2) is 0 Å². The number of carbonyl (C=O) groups is 1. The van der Waals surface area contributed by atoms with Crippen molar-refractivity contribution < 1.29 is 9.53 Å². The molecule has 1 rings (SSSR count). The topological polar surface area (TPSA) is 32.8 Å². The lowest BCUT2D eigenvalue weighted by molar-refractivity contribution is -0.141. The maximum absolute atomic E-state index is 11.1. The van der Waals surface area contributed by atoms with Gasteiger partial charge in [0, 0.05) is 38.3 Å². The maximum Gasteiger partial charge on any atom is 0.306 e. The Morgan fingerprint density at radius 2 is 2.17 bits per heavy atom. The van der Waals surface area contributed by atoms with Gasteiger partial charge in [-0.25, -0.2) is 0 Å². The summed E-state index contributed by atoms with van der Waals surface area (Å²) in [5.74, 6) is -0.107. The zero-order valence-electron chi connectivity index (χ0n) is 12.3. The molecule has 1 heterocycles. The number of carbonyl (C=O) groups excluding carboxylic acids is 1. The Labute approximate surface area is 111 Å². The van der Waals surface area contributed by atoms with Crippen LogP contribution in [-0.2, 0) is 9.53 Å². The van der Waals surface area contributed by atoms with Crippen LogP contribution in [0.1, 0.15) is 40.0 Å². The van der Waals surface area contributed by atoms with Gasteiger partial charge in [0.1, 0.15) is 0 Å². The molecule has 0 aliphatic carbocycles. The van der Waals surface area contributed by atoms with Crippen LogP contribution in [0.5, 0.6) is 0 Å². The summed E-state index contributed by atoms with van der Waals surface area (Å²) in [6.45, 7) is 10.9. The number of rotatable bonds is 6. The first-order valence-electron chi connectivity index (χ1n) is 7.13. The molecule has 0 spiro atoms. The minimum atomic E-state index is -0.107. The van der Waals surface area contributed by atoms with Gasteiger partial charge < -0.3 is 4.74 Å². The Kier molecular flexibility index (Phi) is 6.65. The molecule has 1 aliphatic rings. The molecule has 0 amide bonds. The largest absolute Gasteiger partial charge is 0.469 e. The predicted octanol–water partition coefficient (Wildman–Crippen LogP) is 1.74. The van der Waals surface area contributed by atoms with Crippen molar-refractivity contribution in [1.29, 1.82) is 0 Å². The van der Waals surface area contributed by atoms with E-state index in [2.05, 4.69) is 35.3 Å². The third-order valence-electron chi connectivity index (χ3n) is 3.90. The third kappa shape index (κ3) is 4.58. The van der Waals surface area contributed by atoms with E-state index in [0.717, 1.165) is 26.2 Å². The summed E-state index contributed by atoms with van der Waals surface area (Å²) in [4.78, 5) is 16.1. The lowest BCUT2D eigenvalue weighted by Gasteiger charge is -2.43. The van der Waals surface area contributed by atoms with Gasteiger partial charge in [0.25, 0.3) is 0 Å². The van der Waals surface area contributed by atoms with Crippen molar-refractivity contribution in [2.75, 3.05) is 33.3 Å². The van der Waals surface area contributed by atoms with E-state index in [1.54, 1.807) is 0 Å². The van der Waals surface area contributed by atoms with Crippen LogP contribution in [0.25, 0.3) is 0 Å². The highest BCUT2D eigenvalue weighted by Crippen LogP contribution is 2.16. The van der Waals surface area contributed by atoms with E-state index in [9.17, 15) is 4.79 Å². The average molecular weight is 256 g/mol. The van der Waals surface area contributed by atoms with Crippen molar-refractivity contribution in [2.24, 2.45) is 0 Å². The Morgan fingerprint density at radius 3 is 2.72 bits per heavy atom. The SMILES string of the molecule is CCC[C@@H](C)N1CCN(CCC(=O)OC)C[C@@H]1C. The number of hydrogen-bond donors (Lipinski definition) is 0. The van der Waals surface area contributed by atoms with Crippen molar-refractivity contribution >= 4 is 5.97 Å². The summed E-state index contributed by atoms with van der Waals surface area (Å²) in [7, 11) is 1.45.